The van der Waals surface area contributed by atoms with Gasteiger partial charge < -0.3 is 15.0 Å². The van der Waals surface area contributed by atoms with Crippen LogP contribution in [0.25, 0.3) is 0 Å². The Balaban J connectivity index is 2.49. The average Bonchev–Trinajstić information content (AvgIpc) is 2.81. The van der Waals surface area contributed by atoms with E-state index in [0.717, 1.165) is 0 Å². The van der Waals surface area contributed by atoms with Crippen molar-refractivity contribution in [3.05, 3.63) is 52.1 Å². The Labute approximate surface area is 144 Å². The van der Waals surface area contributed by atoms with Gasteiger partial charge in [-0.25, -0.2) is 9.18 Å². The molecule has 7 heteroatoms. The average molecular weight is 346 g/mol. The Morgan fingerprint density at radius 2 is 1.88 bits per heavy atom. The van der Waals surface area contributed by atoms with Crippen LogP contribution >= 0.6 is 0 Å². The second-order valence-electron chi connectivity index (χ2n) is 5.75. The second kappa shape index (κ2) is 6.88. The van der Waals surface area contributed by atoms with E-state index in [-0.39, 0.29) is 17.1 Å². The summed E-state index contributed by atoms with van der Waals surface area (Å²) in [6.07, 6.45) is 0.321. The van der Waals surface area contributed by atoms with Gasteiger partial charge in [0.1, 0.15) is 11.5 Å². The van der Waals surface area contributed by atoms with Crippen molar-refractivity contribution in [2.24, 2.45) is 7.05 Å². The Hall–Kier alpha value is -2.96. The highest BCUT2D eigenvalue weighted by molar-refractivity contribution is 6.40. The van der Waals surface area contributed by atoms with Crippen molar-refractivity contribution in [3.8, 4) is 0 Å². The summed E-state index contributed by atoms with van der Waals surface area (Å²) in [4.78, 5) is 35.7. The number of nitrogens with one attached hydrogen (secondary N) is 1. The lowest BCUT2D eigenvalue weighted by atomic mass is 10.0. The number of hydrogen-bond donors (Lipinski definition) is 2. The molecule has 0 aliphatic carbocycles. The molecule has 132 valence electrons. The number of amides is 1. The lowest BCUT2D eigenvalue weighted by molar-refractivity contribution is -0.131. The Morgan fingerprint density at radius 1 is 1.24 bits per heavy atom. The van der Waals surface area contributed by atoms with Gasteiger partial charge in [0.2, 0.25) is 0 Å². The number of ketones is 1. The number of aliphatic carboxylic acids is 1. The predicted molar refractivity (Wildman–Crippen MR) is 90.6 cm³/mol. The third-order valence-electron chi connectivity index (χ3n) is 4.19. The van der Waals surface area contributed by atoms with Crippen LogP contribution in [0.3, 0.4) is 0 Å². The normalized spacial score (nSPS) is 10.6. The third-order valence-corrected chi connectivity index (χ3v) is 4.19. The van der Waals surface area contributed by atoms with Gasteiger partial charge in [-0.1, -0.05) is 6.92 Å². The highest BCUT2D eigenvalue weighted by Crippen LogP contribution is 2.25. The number of carbonyl (C=O) groups excluding carboxylic acids is 2. The molecule has 0 unspecified atom stereocenters. The van der Waals surface area contributed by atoms with E-state index < -0.39 is 17.7 Å². The van der Waals surface area contributed by atoms with Crippen LogP contribution in [0.5, 0.6) is 0 Å². The number of carboxylic acids is 1. The molecular formula is C18H19FN2O4. The zero-order chi connectivity index (χ0) is 18.9. The van der Waals surface area contributed by atoms with Crippen molar-refractivity contribution in [1.82, 2.24) is 4.57 Å². The zero-order valence-electron chi connectivity index (χ0n) is 14.4. The minimum Gasteiger partial charge on any atom is -0.475 e. The van der Waals surface area contributed by atoms with Gasteiger partial charge in [-0.2, -0.15) is 0 Å². The van der Waals surface area contributed by atoms with Gasteiger partial charge in [-0.15, -0.1) is 0 Å². The van der Waals surface area contributed by atoms with Gasteiger partial charge in [0.25, 0.3) is 11.7 Å². The van der Waals surface area contributed by atoms with Gasteiger partial charge >= 0.3 is 5.97 Å². The highest BCUT2D eigenvalue weighted by atomic mass is 19.1. The summed E-state index contributed by atoms with van der Waals surface area (Å²) in [5.74, 6) is -3.48. The van der Waals surface area contributed by atoms with Gasteiger partial charge in [-0.05, 0) is 49.6 Å². The molecule has 6 nitrogen and oxygen atoms in total. The van der Waals surface area contributed by atoms with Crippen LogP contribution in [0.1, 0.15) is 44.6 Å². The maximum absolute atomic E-state index is 13.4. The van der Waals surface area contributed by atoms with Crippen molar-refractivity contribution in [3.63, 3.8) is 0 Å². The van der Waals surface area contributed by atoms with Crippen molar-refractivity contribution < 1.29 is 23.9 Å². The molecular weight excluding hydrogens is 327 g/mol. The molecule has 0 aliphatic heterocycles. The number of benzene rings is 1. The number of anilines is 1. The molecule has 0 atom stereocenters. The third kappa shape index (κ3) is 3.31. The van der Waals surface area contributed by atoms with Crippen molar-refractivity contribution in [2.45, 2.75) is 27.2 Å². The van der Waals surface area contributed by atoms with Gasteiger partial charge in [0.05, 0.1) is 5.56 Å². The van der Waals surface area contributed by atoms with Crippen LogP contribution in [0.2, 0.25) is 0 Å². The minimum absolute atomic E-state index is 0.00654. The molecule has 2 aromatic rings. The number of carboxylic acid groups (broad SMARTS) is 1. The summed E-state index contributed by atoms with van der Waals surface area (Å²) in [7, 11) is 1.55. The largest absolute Gasteiger partial charge is 0.475 e. The second-order valence-corrected chi connectivity index (χ2v) is 5.75. The number of hydrogen-bond acceptors (Lipinski definition) is 3. The summed E-state index contributed by atoms with van der Waals surface area (Å²) in [5.41, 5.74) is 1.92. The molecule has 0 saturated carbocycles. The first-order valence-corrected chi connectivity index (χ1v) is 7.72. The smallest absolute Gasteiger partial charge is 0.378 e. The first kappa shape index (κ1) is 18.4. The molecule has 1 amide bonds. The molecule has 2 N–H and O–H groups in total. The minimum atomic E-state index is -1.57. The number of halogens is 1. The number of aryl methyl sites for hydroxylation is 1. The summed E-state index contributed by atoms with van der Waals surface area (Å²) in [6, 6.07) is 4.19. The summed E-state index contributed by atoms with van der Waals surface area (Å²) in [5, 5.41) is 11.7. The van der Waals surface area contributed by atoms with E-state index in [2.05, 4.69) is 5.32 Å². The number of nitrogens with zero attached hydrogens (tertiary/aromatic N) is 1. The van der Waals surface area contributed by atoms with E-state index in [1.54, 1.807) is 27.8 Å². The molecule has 0 aliphatic rings. The first-order chi connectivity index (χ1) is 11.7. The molecule has 1 heterocycles. The number of carbonyl (C=O) groups is 3. The van der Waals surface area contributed by atoms with E-state index >= 15 is 0 Å². The van der Waals surface area contributed by atoms with Crippen LogP contribution in [0, 0.1) is 19.7 Å². The lowest BCUT2D eigenvalue weighted by Gasteiger charge is -2.08. The van der Waals surface area contributed by atoms with Crippen LogP contribution in [0.15, 0.2) is 18.2 Å². The topological polar surface area (TPSA) is 88.4 Å². The maximum Gasteiger partial charge on any atom is 0.378 e. The molecule has 0 radical (unpaired) electrons. The van der Waals surface area contributed by atoms with Crippen LogP contribution in [-0.4, -0.2) is 27.3 Å². The number of rotatable bonds is 5. The Kier molecular flexibility index (Phi) is 5.06. The van der Waals surface area contributed by atoms with E-state index in [4.69, 9.17) is 5.11 Å². The quantitative estimate of drug-likeness (QED) is 0.644. The number of Topliss-reactive ketones (excluding diaryl/α,β-unsaturated/α-hetero) is 1. The molecule has 1 aromatic carbocycles. The molecule has 0 spiro atoms. The van der Waals surface area contributed by atoms with Gasteiger partial charge in [-0.3, -0.25) is 9.59 Å². The zero-order valence-corrected chi connectivity index (χ0v) is 14.4. The van der Waals surface area contributed by atoms with Crippen molar-refractivity contribution in [2.75, 3.05) is 5.32 Å². The Bertz CT molecular complexity index is 884. The first-order valence-electron chi connectivity index (χ1n) is 7.72. The highest BCUT2D eigenvalue weighted by Gasteiger charge is 2.29. The number of aromatic nitrogens is 1. The van der Waals surface area contributed by atoms with Crippen LogP contribution < -0.4 is 5.32 Å². The summed E-state index contributed by atoms with van der Waals surface area (Å²) < 4.78 is 14.8. The molecule has 25 heavy (non-hydrogen) atoms. The van der Waals surface area contributed by atoms with Gasteiger partial charge in [0, 0.05) is 18.4 Å². The van der Waals surface area contributed by atoms with Crippen molar-refractivity contribution >= 4 is 23.3 Å². The summed E-state index contributed by atoms with van der Waals surface area (Å²) in [6.45, 7) is 4.97. The molecule has 0 fully saturated rings. The van der Waals surface area contributed by atoms with E-state index in [1.165, 1.54) is 22.8 Å². The molecule has 1 aromatic heterocycles. The van der Waals surface area contributed by atoms with Crippen molar-refractivity contribution in [1.29, 1.82) is 0 Å². The fraction of sp³-hybridized carbons (Fsp3) is 0.278. The van der Waals surface area contributed by atoms with E-state index in [0.29, 0.717) is 28.9 Å². The predicted octanol–water partition coefficient (Wildman–Crippen LogP) is 2.86. The standard InChI is InChI=1S/C18H19FN2O4/c1-5-12-14(10(3)21(4)15(12)16(22)18(24)25)17(23)20-11-6-7-13(19)9(2)8-11/h6-8H,5H2,1-4H3,(H,20,23)(H,24,25). The molecule has 0 saturated heterocycles. The van der Waals surface area contributed by atoms with Crippen LogP contribution in [-0.2, 0) is 18.3 Å². The van der Waals surface area contributed by atoms with Gasteiger partial charge in [0.15, 0.2) is 0 Å². The SMILES string of the molecule is CCc1c(C(=O)Nc2ccc(F)c(C)c2)c(C)n(C)c1C(=O)C(=O)O. The fourth-order valence-electron chi connectivity index (χ4n) is 2.83. The lowest BCUT2D eigenvalue weighted by Crippen LogP contribution is -2.18. The van der Waals surface area contributed by atoms with E-state index in [1.807, 2.05) is 0 Å². The fourth-order valence-corrected chi connectivity index (χ4v) is 2.83. The summed E-state index contributed by atoms with van der Waals surface area (Å²) >= 11 is 0. The monoisotopic (exact) mass is 346 g/mol. The maximum atomic E-state index is 13.4. The molecule has 2 rings (SSSR count). The van der Waals surface area contributed by atoms with Crippen LogP contribution in [0.4, 0.5) is 10.1 Å². The molecule has 0 bridgehead atoms. The Morgan fingerprint density at radius 3 is 2.40 bits per heavy atom. The van der Waals surface area contributed by atoms with E-state index in [9.17, 15) is 18.8 Å².